The standard InChI is InChI=1S/C9H6N4O4/c14-12(15)7-4-2-1-3-6(7)9-8(13(16)17)5-10-11-9/h1-5H,(H,10,11). The Labute approximate surface area is 94.2 Å². The second-order valence-electron chi connectivity index (χ2n) is 3.16. The average Bonchev–Trinajstić information content (AvgIpc) is 2.77. The highest BCUT2D eigenvalue weighted by Gasteiger charge is 2.24. The summed E-state index contributed by atoms with van der Waals surface area (Å²) >= 11 is 0. The Morgan fingerprint density at radius 2 is 1.71 bits per heavy atom. The second-order valence-corrected chi connectivity index (χ2v) is 3.16. The maximum atomic E-state index is 10.8. The molecule has 1 aromatic heterocycles. The van der Waals surface area contributed by atoms with Gasteiger partial charge in [0, 0.05) is 6.07 Å². The van der Waals surface area contributed by atoms with E-state index in [1.54, 1.807) is 6.07 Å². The molecule has 8 heteroatoms. The first-order valence-corrected chi connectivity index (χ1v) is 4.53. The van der Waals surface area contributed by atoms with E-state index in [1.807, 2.05) is 0 Å². The number of aromatic amines is 1. The lowest BCUT2D eigenvalue weighted by Gasteiger charge is -1.99. The van der Waals surface area contributed by atoms with Crippen molar-refractivity contribution < 1.29 is 9.85 Å². The molecular weight excluding hydrogens is 228 g/mol. The molecule has 0 aliphatic carbocycles. The number of nitrogens with zero attached hydrogens (tertiary/aromatic N) is 3. The minimum atomic E-state index is -0.643. The Hall–Kier alpha value is -2.77. The first-order valence-electron chi connectivity index (χ1n) is 4.53. The molecule has 0 bridgehead atoms. The first-order chi connectivity index (χ1) is 8.11. The molecule has 0 spiro atoms. The van der Waals surface area contributed by atoms with Gasteiger partial charge >= 0.3 is 5.69 Å². The quantitative estimate of drug-likeness (QED) is 0.643. The Morgan fingerprint density at radius 3 is 2.35 bits per heavy atom. The topological polar surface area (TPSA) is 115 Å². The summed E-state index contributed by atoms with van der Waals surface area (Å²) in [5, 5.41) is 27.4. The van der Waals surface area contributed by atoms with Gasteiger partial charge in [-0.05, 0) is 6.07 Å². The van der Waals surface area contributed by atoms with Gasteiger partial charge in [-0.25, -0.2) is 0 Å². The zero-order chi connectivity index (χ0) is 12.4. The first kappa shape index (κ1) is 10.7. The number of nitro benzene ring substituents is 1. The predicted molar refractivity (Wildman–Crippen MR) is 57.3 cm³/mol. The summed E-state index contributed by atoms with van der Waals surface area (Å²) in [5.41, 5.74) is -0.330. The summed E-state index contributed by atoms with van der Waals surface area (Å²) in [7, 11) is 0. The van der Waals surface area contributed by atoms with Crippen LogP contribution in [0.25, 0.3) is 11.3 Å². The van der Waals surface area contributed by atoms with Crippen LogP contribution in [0.5, 0.6) is 0 Å². The fourth-order valence-electron chi connectivity index (χ4n) is 1.46. The summed E-state index contributed by atoms with van der Waals surface area (Å²) in [6.45, 7) is 0. The number of rotatable bonds is 3. The van der Waals surface area contributed by atoms with E-state index in [0.29, 0.717) is 0 Å². The van der Waals surface area contributed by atoms with E-state index >= 15 is 0 Å². The normalized spacial score (nSPS) is 10.1. The molecular formula is C9H6N4O4. The zero-order valence-corrected chi connectivity index (χ0v) is 8.36. The van der Waals surface area contributed by atoms with Crippen LogP contribution in [-0.2, 0) is 0 Å². The highest BCUT2D eigenvalue weighted by molar-refractivity contribution is 5.76. The lowest BCUT2D eigenvalue weighted by molar-refractivity contribution is -0.386. The maximum absolute atomic E-state index is 10.8. The van der Waals surface area contributed by atoms with Gasteiger partial charge in [0.2, 0.25) is 0 Å². The highest BCUT2D eigenvalue weighted by atomic mass is 16.6. The fraction of sp³-hybridized carbons (Fsp3) is 0. The summed E-state index contributed by atoms with van der Waals surface area (Å²) in [6.07, 6.45) is 1.02. The van der Waals surface area contributed by atoms with E-state index in [1.165, 1.54) is 18.2 Å². The molecule has 17 heavy (non-hydrogen) atoms. The fourth-order valence-corrected chi connectivity index (χ4v) is 1.46. The van der Waals surface area contributed by atoms with Crippen LogP contribution >= 0.6 is 0 Å². The van der Waals surface area contributed by atoms with Crippen molar-refractivity contribution >= 4 is 11.4 Å². The van der Waals surface area contributed by atoms with E-state index in [-0.39, 0.29) is 22.6 Å². The summed E-state index contributed by atoms with van der Waals surface area (Å²) in [5.74, 6) is 0. The molecule has 86 valence electrons. The largest absolute Gasteiger partial charge is 0.314 e. The Bertz CT molecular complexity index is 592. The smallest absolute Gasteiger partial charge is 0.271 e. The van der Waals surface area contributed by atoms with Crippen LogP contribution in [0.15, 0.2) is 30.5 Å². The highest BCUT2D eigenvalue weighted by Crippen LogP contribution is 2.33. The van der Waals surface area contributed by atoms with Gasteiger partial charge in [0.05, 0.1) is 15.4 Å². The van der Waals surface area contributed by atoms with Crippen LogP contribution < -0.4 is 0 Å². The molecule has 0 aliphatic rings. The van der Waals surface area contributed by atoms with Gasteiger partial charge in [0.25, 0.3) is 5.69 Å². The molecule has 0 saturated carbocycles. The molecule has 1 aromatic carbocycles. The molecule has 0 unspecified atom stereocenters. The molecule has 8 nitrogen and oxygen atoms in total. The van der Waals surface area contributed by atoms with Crippen molar-refractivity contribution in [1.82, 2.24) is 10.2 Å². The van der Waals surface area contributed by atoms with Crippen molar-refractivity contribution in [3.63, 3.8) is 0 Å². The van der Waals surface area contributed by atoms with Crippen molar-refractivity contribution in [2.45, 2.75) is 0 Å². The molecule has 0 atom stereocenters. The SMILES string of the molecule is O=[N+]([O-])c1ccccc1-c1[nH]ncc1[N+](=O)[O-]. The lowest BCUT2D eigenvalue weighted by Crippen LogP contribution is -1.94. The molecule has 1 heterocycles. The van der Waals surface area contributed by atoms with Crippen LogP contribution in [0, 0.1) is 20.2 Å². The van der Waals surface area contributed by atoms with E-state index in [9.17, 15) is 20.2 Å². The van der Waals surface area contributed by atoms with E-state index in [0.717, 1.165) is 6.20 Å². The number of nitrogens with one attached hydrogen (secondary N) is 1. The van der Waals surface area contributed by atoms with Crippen molar-refractivity contribution in [3.05, 3.63) is 50.7 Å². The minimum Gasteiger partial charge on any atom is -0.271 e. The third-order valence-corrected chi connectivity index (χ3v) is 2.19. The Balaban J connectivity index is 2.64. The van der Waals surface area contributed by atoms with Gasteiger partial charge in [0.1, 0.15) is 11.9 Å². The maximum Gasteiger partial charge on any atom is 0.314 e. The number of hydrogen-bond acceptors (Lipinski definition) is 5. The molecule has 0 fully saturated rings. The van der Waals surface area contributed by atoms with Crippen LogP contribution in [-0.4, -0.2) is 20.0 Å². The monoisotopic (exact) mass is 234 g/mol. The van der Waals surface area contributed by atoms with Gasteiger partial charge in [-0.3, -0.25) is 25.3 Å². The van der Waals surface area contributed by atoms with E-state index in [4.69, 9.17) is 0 Å². The molecule has 0 amide bonds. The number of aromatic nitrogens is 2. The zero-order valence-electron chi connectivity index (χ0n) is 8.36. The molecule has 0 radical (unpaired) electrons. The van der Waals surface area contributed by atoms with Crippen molar-refractivity contribution in [2.24, 2.45) is 0 Å². The van der Waals surface area contributed by atoms with Crippen molar-refractivity contribution in [2.75, 3.05) is 0 Å². The van der Waals surface area contributed by atoms with Gasteiger partial charge in [-0.2, -0.15) is 5.10 Å². The average molecular weight is 234 g/mol. The summed E-state index contributed by atoms with van der Waals surface area (Å²) < 4.78 is 0. The molecule has 0 aliphatic heterocycles. The Morgan fingerprint density at radius 1 is 1.06 bits per heavy atom. The summed E-state index contributed by atoms with van der Waals surface area (Å²) in [4.78, 5) is 20.3. The molecule has 2 rings (SSSR count). The second kappa shape index (κ2) is 4.00. The third kappa shape index (κ3) is 1.83. The van der Waals surface area contributed by atoms with Crippen LogP contribution in [0.2, 0.25) is 0 Å². The van der Waals surface area contributed by atoms with Crippen molar-refractivity contribution in [1.29, 1.82) is 0 Å². The summed E-state index contributed by atoms with van der Waals surface area (Å²) in [6, 6.07) is 5.76. The van der Waals surface area contributed by atoms with E-state index < -0.39 is 9.85 Å². The number of para-hydroxylation sites is 1. The third-order valence-electron chi connectivity index (χ3n) is 2.19. The van der Waals surface area contributed by atoms with Crippen molar-refractivity contribution in [3.8, 4) is 11.3 Å². The Kier molecular flexibility index (Phi) is 2.53. The number of H-pyrrole nitrogens is 1. The minimum absolute atomic E-state index is 0.0299. The van der Waals surface area contributed by atoms with Gasteiger partial charge in [0.15, 0.2) is 0 Å². The van der Waals surface area contributed by atoms with Gasteiger partial charge in [-0.1, -0.05) is 12.1 Å². The van der Waals surface area contributed by atoms with Gasteiger partial charge in [-0.15, -0.1) is 0 Å². The number of hydrogen-bond donors (Lipinski definition) is 1. The lowest BCUT2D eigenvalue weighted by atomic mass is 10.1. The molecule has 2 aromatic rings. The van der Waals surface area contributed by atoms with Crippen LogP contribution in [0.4, 0.5) is 11.4 Å². The molecule has 1 N–H and O–H groups in total. The van der Waals surface area contributed by atoms with E-state index in [2.05, 4.69) is 10.2 Å². The van der Waals surface area contributed by atoms with Gasteiger partial charge < -0.3 is 0 Å². The predicted octanol–water partition coefficient (Wildman–Crippen LogP) is 1.89. The van der Waals surface area contributed by atoms with Crippen LogP contribution in [0.1, 0.15) is 0 Å². The number of nitro groups is 2. The van der Waals surface area contributed by atoms with Crippen LogP contribution in [0.3, 0.4) is 0 Å². The number of benzene rings is 1. The molecule has 0 saturated heterocycles.